The zero-order chi connectivity index (χ0) is 15.2. The number of hydrogen-bond donors (Lipinski definition) is 0. The number of nitrogens with zero attached hydrogens (tertiary/aromatic N) is 1. The molecule has 0 amide bonds. The summed E-state index contributed by atoms with van der Waals surface area (Å²) in [4.78, 5) is 2.57. The standard InChI is InChI=1S/C20H25NO/c1-3-11-21-12-10-20-9-5-4-6-17(20)19(21)13-15-7-8-16(22-2)14-18(15)20/h1,7-8,14,17,19H,4-6,9-13H2,2H3/t17-,19-,20-/m0/s1. The number of fused-ring (bicyclic) bond motifs is 1. The van der Waals surface area contributed by atoms with E-state index < -0.39 is 0 Å². The predicted octanol–water partition coefficient (Wildman–Crippen LogP) is 3.39. The van der Waals surface area contributed by atoms with Gasteiger partial charge in [0, 0.05) is 18.0 Å². The zero-order valence-corrected chi connectivity index (χ0v) is 13.5. The molecular formula is C20H25NO. The predicted molar refractivity (Wildman–Crippen MR) is 89.1 cm³/mol. The average molecular weight is 295 g/mol. The van der Waals surface area contributed by atoms with Crippen molar-refractivity contribution in [3.05, 3.63) is 29.3 Å². The lowest BCUT2D eigenvalue weighted by atomic mass is 9.52. The number of benzene rings is 1. The van der Waals surface area contributed by atoms with E-state index in [1.54, 1.807) is 12.7 Å². The molecule has 0 aromatic heterocycles. The first-order chi connectivity index (χ1) is 10.8. The van der Waals surface area contributed by atoms with Gasteiger partial charge in [0.1, 0.15) is 5.75 Å². The summed E-state index contributed by atoms with van der Waals surface area (Å²) in [5, 5.41) is 0. The lowest BCUT2D eigenvalue weighted by Gasteiger charge is -2.59. The number of methoxy groups -OCH3 is 1. The van der Waals surface area contributed by atoms with E-state index in [-0.39, 0.29) is 0 Å². The highest BCUT2D eigenvalue weighted by Gasteiger charge is 2.53. The Bertz CT molecular complexity index is 617. The fourth-order valence-electron chi connectivity index (χ4n) is 5.50. The minimum atomic E-state index is 0.385. The molecule has 1 aromatic carbocycles. The van der Waals surface area contributed by atoms with Crippen LogP contribution in [-0.4, -0.2) is 31.1 Å². The molecule has 1 aromatic rings. The van der Waals surface area contributed by atoms with Gasteiger partial charge in [-0.3, -0.25) is 4.90 Å². The molecule has 1 saturated carbocycles. The lowest BCUT2D eigenvalue weighted by Crippen LogP contribution is -2.60. The van der Waals surface area contributed by atoms with Gasteiger partial charge in [-0.25, -0.2) is 0 Å². The van der Waals surface area contributed by atoms with Crippen molar-refractivity contribution >= 4 is 0 Å². The molecule has 116 valence electrons. The van der Waals surface area contributed by atoms with Crippen molar-refractivity contribution in [2.24, 2.45) is 5.92 Å². The second kappa shape index (κ2) is 5.32. The van der Waals surface area contributed by atoms with Crippen LogP contribution in [0.3, 0.4) is 0 Å². The maximum Gasteiger partial charge on any atom is 0.119 e. The molecule has 22 heavy (non-hydrogen) atoms. The molecule has 1 heterocycles. The molecule has 1 aliphatic heterocycles. The summed E-state index contributed by atoms with van der Waals surface area (Å²) in [7, 11) is 1.78. The largest absolute Gasteiger partial charge is 0.497 e. The quantitative estimate of drug-likeness (QED) is 0.776. The molecule has 0 N–H and O–H groups in total. The maximum absolute atomic E-state index is 5.62. The fraction of sp³-hybridized carbons (Fsp3) is 0.600. The van der Waals surface area contributed by atoms with Gasteiger partial charge in [0.15, 0.2) is 0 Å². The van der Waals surface area contributed by atoms with E-state index >= 15 is 0 Å². The summed E-state index contributed by atoms with van der Waals surface area (Å²) in [6.45, 7) is 1.96. The number of likely N-dealkylation sites (tertiary alicyclic amines) is 1. The summed E-state index contributed by atoms with van der Waals surface area (Å²) >= 11 is 0. The third-order valence-electron chi connectivity index (χ3n) is 6.45. The summed E-state index contributed by atoms with van der Waals surface area (Å²) < 4.78 is 5.52. The van der Waals surface area contributed by atoms with Crippen LogP contribution in [0.15, 0.2) is 18.2 Å². The minimum Gasteiger partial charge on any atom is -0.497 e. The van der Waals surface area contributed by atoms with Crippen LogP contribution in [0, 0.1) is 18.3 Å². The van der Waals surface area contributed by atoms with Gasteiger partial charge < -0.3 is 4.74 Å². The van der Waals surface area contributed by atoms with E-state index in [0.717, 1.165) is 31.2 Å². The summed E-state index contributed by atoms with van der Waals surface area (Å²) in [5.74, 6) is 4.68. The second-order valence-corrected chi connectivity index (χ2v) is 7.23. The van der Waals surface area contributed by atoms with Crippen molar-refractivity contribution in [1.29, 1.82) is 0 Å². The van der Waals surface area contributed by atoms with Gasteiger partial charge in [-0.2, -0.15) is 0 Å². The van der Waals surface area contributed by atoms with Gasteiger partial charge in [-0.05, 0) is 54.9 Å². The number of ether oxygens (including phenoxy) is 1. The Balaban J connectivity index is 1.82. The zero-order valence-electron chi connectivity index (χ0n) is 13.5. The third-order valence-corrected chi connectivity index (χ3v) is 6.45. The van der Waals surface area contributed by atoms with Gasteiger partial charge in [-0.1, -0.05) is 24.8 Å². The van der Waals surface area contributed by atoms with Crippen LogP contribution in [0.4, 0.5) is 0 Å². The first kappa shape index (κ1) is 14.2. The lowest BCUT2D eigenvalue weighted by molar-refractivity contribution is -0.00416. The molecule has 0 radical (unpaired) electrons. The molecule has 4 rings (SSSR count). The molecule has 2 aliphatic carbocycles. The molecular weight excluding hydrogens is 270 g/mol. The minimum absolute atomic E-state index is 0.385. The highest BCUT2D eigenvalue weighted by molar-refractivity contribution is 5.45. The summed E-state index contributed by atoms with van der Waals surface area (Å²) in [6.07, 6.45) is 13.5. The van der Waals surface area contributed by atoms with E-state index in [4.69, 9.17) is 11.2 Å². The SMILES string of the molecule is C#CCN1CC[C@@]23CCCC[C@H]2[C@@H]1Cc1ccc(OC)cc13. The molecule has 0 spiro atoms. The average Bonchev–Trinajstić information content (AvgIpc) is 2.57. The van der Waals surface area contributed by atoms with Crippen LogP contribution in [0.25, 0.3) is 0 Å². The van der Waals surface area contributed by atoms with Gasteiger partial charge in [0.25, 0.3) is 0 Å². The van der Waals surface area contributed by atoms with Gasteiger partial charge in [0.2, 0.25) is 0 Å². The normalized spacial score (nSPS) is 33.5. The summed E-state index contributed by atoms with van der Waals surface area (Å²) in [6, 6.07) is 7.40. The first-order valence-electron chi connectivity index (χ1n) is 8.63. The number of hydrogen-bond acceptors (Lipinski definition) is 2. The van der Waals surface area contributed by atoms with Gasteiger partial charge >= 0.3 is 0 Å². The smallest absolute Gasteiger partial charge is 0.119 e. The third kappa shape index (κ3) is 1.92. The summed E-state index contributed by atoms with van der Waals surface area (Å²) in [5.41, 5.74) is 3.51. The molecule has 0 unspecified atom stereocenters. The van der Waals surface area contributed by atoms with Gasteiger partial charge in [0.05, 0.1) is 13.7 Å². The van der Waals surface area contributed by atoms with Crippen molar-refractivity contribution in [1.82, 2.24) is 4.90 Å². The Kier molecular flexibility index (Phi) is 3.42. The van der Waals surface area contributed by atoms with E-state index in [9.17, 15) is 0 Å². The van der Waals surface area contributed by atoms with Crippen LogP contribution in [0.1, 0.15) is 43.2 Å². The van der Waals surface area contributed by atoms with E-state index in [0.29, 0.717) is 11.5 Å². The van der Waals surface area contributed by atoms with E-state index in [1.807, 2.05) is 0 Å². The maximum atomic E-state index is 5.62. The molecule has 2 fully saturated rings. The van der Waals surface area contributed by atoms with E-state index in [1.165, 1.54) is 37.7 Å². The monoisotopic (exact) mass is 295 g/mol. The molecule has 1 saturated heterocycles. The molecule has 2 heteroatoms. The Hall–Kier alpha value is -1.46. The Morgan fingerprint density at radius 2 is 2.27 bits per heavy atom. The Morgan fingerprint density at radius 3 is 3.09 bits per heavy atom. The van der Waals surface area contributed by atoms with Crippen molar-refractivity contribution in [2.75, 3.05) is 20.2 Å². The molecule has 2 nitrogen and oxygen atoms in total. The van der Waals surface area contributed by atoms with Crippen LogP contribution < -0.4 is 4.74 Å². The number of piperidine rings is 1. The van der Waals surface area contributed by atoms with Crippen molar-refractivity contribution in [3.8, 4) is 18.1 Å². The highest BCUT2D eigenvalue weighted by Crippen LogP contribution is 2.56. The fourth-order valence-corrected chi connectivity index (χ4v) is 5.50. The van der Waals surface area contributed by atoms with Crippen LogP contribution in [0.5, 0.6) is 5.75 Å². The molecule has 3 aliphatic rings. The highest BCUT2D eigenvalue weighted by atomic mass is 16.5. The van der Waals surface area contributed by atoms with Crippen LogP contribution >= 0.6 is 0 Å². The van der Waals surface area contributed by atoms with Crippen molar-refractivity contribution in [2.45, 2.75) is 50.0 Å². The van der Waals surface area contributed by atoms with E-state index in [2.05, 4.69) is 29.0 Å². The van der Waals surface area contributed by atoms with Crippen LogP contribution in [-0.2, 0) is 11.8 Å². The first-order valence-corrected chi connectivity index (χ1v) is 8.63. The number of terminal acetylenes is 1. The number of rotatable bonds is 2. The van der Waals surface area contributed by atoms with Crippen molar-refractivity contribution in [3.63, 3.8) is 0 Å². The Labute approximate surface area is 133 Å². The van der Waals surface area contributed by atoms with Gasteiger partial charge in [-0.15, -0.1) is 6.42 Å². The second-order valence-electron chi connectivity index (χ2n) is 7.23. The van der Waals surface area contributed by atoms with Crippen molar-refractivity contribution < 1.29 is 4.74 Å². The molecule has 2 bridgehead atoms. The topological polar surface area (TPSA) is 12.5 Å². The Morgan fingerprint density at radius 1 is 1.36 bits per heavy atom. The molecule has 3 atom stereocenters. The van der Waals surface area contributed by atoms with Crippen LogP contribution in [0.2, 0.25) is 0 Å².